The molecule has 6 nitrogen and oxygen atoms in total. The van der Waals surface area contributed by atoms with Crippen molar-refractivity contribution in [2.75, 3.05) is 25.1 Å². The molecular formula is C16H16FN3O3. The maximum Gasteiger partial charge on any atom is 0.316 e. The van der Waals surface area contributed by atoms with Crippen molar-refractivity contribution in [1.82, 2.24) is 9.97 Å². The third-order valence-electron chi connectivity index (χ3n) is 4.18. The van der Waals surface area contributed by atoms with Crippen molar-refractivity contribution in [2.24, 2.45) is 0 Å². The first-order valence-corrected chi connectivity index (χ1v) is 7.17. The molecule has 23 heavy (non-hydrogen) atoms. The van der Waals surface area contributed by atoms with E-state index in [-0.39, 0.29) is 18.4 Å². The van der Waals surface area contributed by atoms with Crippen molar-refractivity contribution in [1.29, 1.82) is 0 Å². The average molecular weight is 317 g/mol. The van der Waals surface area contributed by atoms with E-state index in [4.69, 9.17) is 4.74 Å². The predicted molar refractivity (Wildman–Crippen MR) is 81.1 cm³/mol. The van der Waals surface area contributed by atoms with Crippen LogP contribution in [-0.4, -0.2) is 41.2 Å². The number of methoxy groups -OCH3 is 1. The summed E-state index contributed by atoms with van der Waals surface area (Å²) in [6.45, 7) is 0.692. The van der Waals surface area contributed by atoms with Gasteiger partial charge >= 0.3 is 5.97 Å². The van der Waals surface area contributed by atoms with E-state index < -0.39 is 17.2 Å². The topological polar surface area (TPSA) is 75.5 Å². The lowest BCUT2D eigenvalue weighted by atomic mass is 9.80. The number of rotatable bonds is 4. The molecule has 2 aromatic rings. The maximum atomic E-state index is 13.4. The van der Waals surface area contributed by atoms with Gasteiger partial charge in [-0.05, 0) is 12.0 Å². The van der Waals surface area contributed by atoms with Gasteiger partial charge in [0.1, 0.15) is 5.41 Å². The molecule has 0 bridgehead atoms. The summed E-state index contributed by atoms with van der Waals surface area (Å²) in [5.41, 5.74) is -0.282. The second-order valence-corrected chi connectivity index (χ2v) is 5.45. The van der Waals surface area contributed by atoms with Crippen LogP contribution in [0.1, 0.15) is 12.0 Å². The van der Waals surface area contributed by atoms with Crippen LogP contribution in [0.25, 0.3) is 0 Å². The number of carboxylic acids is 1. The molecule has 1 aliphatic heterocycles. The van der Waals surface area contributed by atoms with E-state index in [9.17, 15) is 14.3 Å². The smallest absolute Gasteiger partial charge is 0.316 e. The SMILES string of the molecule is COc1nc(N2CCC(C(=O)O)(c3ccccc3)C2)ncc1F. The molecule has 0 amide bonds. The Kier molecular flexibility index (Phi) is 3.85. The van der Waals surface area contributed by atoms with Crippen molar-refractivity contribution in [2.45, 2.75) is 11.8 Å². The number of benzene rings is 1. The number of aromatic nitrogens is 2. The minimum atomic E-state index is -1.02. The summed E-state index contributed by atoms with van der Waals surface area (Å²) in [4.78, 5) is 21.6. The molecule has 1 aromatic heterocycles. The van der Waals surface area contributed by atoms with Crippen molar-refractivity contribution < 1.29 is 19.0 Å². The van der Waals surface area contributed by atoms with Crippen LogP contribution in [0.3, 0.4) is 0 Å². The molecule has 1 saturated heterocycles. The van der Waals surface area contributed by atoms with Gasteiger partial charge < -0.3 is 14.7 Å². The summed E-state index contributed by atoms with van der Waals surface area (Å²) in [7, 11) is 1.32. The molecule has 7 heteroatoms. The third kappa shape index (κ3) is 2.58. The van der Waals surface area contributed by atoms with Crippen LogP contribution < -0.4 is 9.64 Å². The van der Waals surface area contributed by atoms with E-state index in [0.717, 1.165) is 11.8 Å². The summed E-state index contributed by atoms with van der Waals surface area (Å²) in [6.07, 6.45) is 1.46. The van der Waals surface area contributed by atoms with Crippen molar-refractivity contribution in [3.63, 3.8) is 0 Å². The molecule has 2 heterocycles. The highest BCUT2D eigenvalue weighted by molar-refractivity contribution is 5.83. The van der Waals surface area contributed by atoms with Crippen molar-refractivity contribution in [3.05, 3.63) is 47.9 Å². The van der Waals surface area contributed by atoms with Gasteiger partial charge in [0.2, 0.25) is 11.8 Å². The number of hydrogen-bond acceptors (Lipinski definition) is 5. The third-order valence-corrected chi connectivity index (χ3v) is 4.18. The lowest BCUT2D eigenvalue weighted by Crippen LogP contribution is -2.39. The zero-order chi connectivity index (χ0) is 16.4. The van der Waals surface area contributed by atoms with Crippen LogP contribution >= 0.6 is 0 Å². The minimum absolute atomic E-state index is 0.150. The second kappa shape index (κ2) is 5.83. The number of anilines is 1. The van der Waals surface area contributed by atoms with Gasteiger partial charge in [0.25, 0.3) is 5.88 Å². The Balaban J connectivity index is 1.93. The number of ether oxygens (including phenoxy) is 1. The number of nitrogens with zero attached hydrogens (tertiary/aromatic N) is 3. The Morgan fingerprint density at radius 3 is 2.78 bits per heavy atom. The van der Waals surface area contributed by atoms with Crippen LogP contribution in [-0.2, 0) is 10.2 Å². The molecule has 0 aliphatic carbocycles. The van der Waals surface area contributed by atoms with Crippen molar-refractivity contribution >= 4 is 11.9 Å². The summed E-state index contributed by atoms with van der Waals surface area (Å²) in [5, 5.41) is 9.77. The Morgan fingerprint density at radius 1 is 1.39 bits per heavy atom. The standard InChI is InChI=1S/C16H16FN3O3/c1-23-13-12(17)9-18-15(19-13)20-8-7-16(10-20,14(21)22)11-5-3-2-4-6-11/h2-6,9H,7-8,10H2,1H3,(H,21,22). The number of halogens is 1. The van der Waals surface area contributed by atoms with Crippen LogP contribution in [0.4, 0.5) is 10.3 Å². The Morgan fingerprint density at radius 2 is 2.13 bits per heavy atom. The van der Waals surface area contributed by atoms with Gasteiger partial charge in [0.15, 0.2) is 0 Å². The highest BCUT2D eigenvalue weighted by Gasteiger charge is 2.47. The van der Waals surface area contributed by atoms with E-state index in [1.165, 1.54) is 7.11 Å². The first-order valence-electron chi connectivity index (χ1n) is 7.17. The van der Waals surface area contributed by atoms with Gasteiger partial charge in [0.05, 0.1) is 13.3 Å². The van der Waals surface area contributed by atoms with Gasteiger partial charge in [-0.2, -0.15) is 9.37 Å². The minimum Gasteiger partial charge on any atom is -0.481 e. The number of hydrogen-bond donors (Lipinski definition) is 1. The van der Waals surface area contributed by atoms with E-state index in [1.807, 2.05) is 30.3 Å². The molecule has 3 rings (SSSR count). The molecule has 1 N–H and O–H groups in total. The van der Waals surface area contributed by atoms with Crippen LogP contribution in [0.5, 0.6) is 5.88 Å². The molecule has 1 aromatic carbocycles. The molecular weight excluding hydrogens is 301 g/mol. The quantitative estimate of drug-likeness (QED) is 0.927. The lowest BCUT2D eigenvalue weighted by molar-refractivity contribution is -0.143. The zero-order valence-corrected chi connectivity index (χ0v) is 12.6. The number of carbonyl (C=O) groups is 1. The van der Waals surface area contributed by atoms with Gasteiger partial charge in [-0.3, -0.25) is 4.79 Å². The Bertz CT molecular complexity index is 726. The first kappa shape index (κ1) is 15.2. The zero-order valence-electron chi connectivity index (χ0n) is 12.6. The van der Waals surface area contributed by atoms with Crippen molar-refractivity contribution in [3.8, 4) is 5.88 Å². The maximum absolute atomic E-state index is 13.4. The fourth-order valence-corrected chi connectivity index (χ4v) is 2.91. The van der Waals surface area contributed by atoms with Crippen LogP contribution in [0.2, 0.25) is 0 Å². The molecule has 1 aliphatic rings. The predicted octanol–water partition coefficient (Wildman–Crippen LogP) is 1.86. The van der Waals surface area contributed by atoms with Gasteiger partial charge in [-0.1, -0.05) is 30.3 Å². The van der Waals surface area contributed by atoms with E-state index in [0.29, 0.717) is 13.0 Å². The molecule has 1 fully saturated rings. The van der Waals surface area contributed by atoms with Gasteiger partial charge in [-0.25, -0.2) is 4.98 Å². The van der Waals surface area contributed by atoms with Crippen LogP contribution in [0, 0.1) is 5.82 Å². The Labute approximate surface area is 132 Å². The first-order chi connectivity index (χ1) is 11.1. The molecule has 0 radical (unpaired) electrons. The summed E-state index contributed by atoms with van der Waals surface area (Å²) in [5.74, 6) is -1.42. The normalized spacial score (nSPS) is 20.5. The fourth-order valence-electron chi connectivity index (χ4n) is 2.91. The second-order valence-electron chi connectivity index (χ2n) is 5.45. The van der Waals surface area contributed by atoms with Gasteiger partial charge in [0, 0.05) is 13.1 Å². The average Bonchev–Trinajstić information content (AvgIpc) is 3.03. The van der Waals surface area contributed by atoms with E-state index in [1.54, 1.807) is 4.90 Å². The van der Waals surface area contributed by atoms with Crippen LogP contribution in [0.15, 0.2) is 36.5 Å². The summed E-state index contributed by atoms with van der Waals surface area (Å²) >= 11 is 0. The van der Waals surface area contributed by atoms with E-state index in [2.05, 4.69) is 9.97 Å². The monoisotopic (exact) mass is 317 g/mol. The summed E-state index contributed by atoms with van der Waals surface area (Å²) in [6, 6.07) is 9.10. The largest absolute Gasteiger partial charge is 0.481 e. The highest BCUT2D eigenvalue weighted by atomic mass is 19.1. The molecule has 120 valence electrons. The highest BCUT2D eigenvalue weighted by Crippen LogP contribution is 2.36. The van der Waals surface area contributed by atoms with Gasteiger partial charge in [-0.15, -0.1) is 0 Å². The number of carboxylic acid groups (broad SMARTS) is 1. The molecule has 0 saturated carbocycles. The molecule has 0 spiro atoms. The van der Waals surface area contributed by atoms with E-state index >= 15 is 0 Å². The summed E-state index contributed by atoms with van der Waals surface area (Å²) < 4.78 is 18.3. The molecule has 1 unspecified atom stereocenters. The Hall–Kier alpha value is -2.70. The molecule has 1 atom stereocenters. The lowest BCUT2D eigenvalue weighted by Gasteiger charge is -2.25. The fraction of sp³-hybridized carbons (Fsp3) is 0.312. The number of aliphatic carboxylic acids is 1.